The molecule has 2 rings (SSSR count). The summed E-state index contributed by atoms with van der Waals surface area (Å²) in [6, 6.07) is 13.9. The third-order valence-electron chi connectivity index (χ3n) is 3.77. The SMILES string of the molecule is CCC(=O)Nc1ccc(C(=O)COC(=O)CCOc2ccc(C)cc2)cc1. The van der Waals surface area contributed by atoms with Crippen molar-refractivity contribution in [3.05, 3.63) is 59.7 Å². The first-order chi connectivity index (χ1) is 13.0. The molecule has 0 spiro atoms. The van der Waals surface area contributed by atoms with E-state index < -0.39 is 5.97 Å². The normalized spacial score (nSPS) is 10.1. The van der Waals surface area contributed by atoms with Crippen LogP contribution in [0.3, 0.4) is 0 Å². The summed E-state index contributed by atoms with van der Waals surface area (Å²) in [5, 5.41) is 2.70. The molecule has 0 bridgehead atoms. The minimum absolute atomic E-state index is 0.0587. The lowest BCUT2D eigenvalue weighted by molar-refractivity contribution is -0.143. The summed E-state index contributed by atoms with van der Waals surface area (Å²) in [5.41, 5.74) is 2.15. The van der Waals surface area contributed by atoms with Gasteiger partial charge in [-0.3, -0.25) is 14.4 Å². The summed E-state index contributed by atoms with van der Waals surface area (Å²) < 4.78 is 10.4. The van der Waals surface area contributed by atoms with Crippen molar-refractivity contribution < 1.29 is 23.9 Å². The Bertz CT molecular complexity index is 781. The van der Waals surface area contributed by atoms with Crippen molar-refractivity contribution in [2.24, 2.45) is 0 Å². The molecular weight excluding hydrogens is 346 g/mol. The molecule has 0 radical (unpaired) electrons. The molecule has 0 fully saturated rings. The van der Waals surface area contributed by atoms with Crippen LogP contribution < -0.4 is 10.1 Å². The predicted molar refractivity (Wildman–Crippen MR) is 102 cm³/mol. The maximum Gasteiger partial charge on any atom is 0.309 e. The molecular formula is C21H23NO5. The van der Waals surface area contributed by atoms with Gasteiger partial charge in [0.25, 0.3) is 0 Å². The first kappa shape index (κ1) is 20.2. The number of aryl methyl sites for hydroxylation is 1. The minimum atomic E-state index is -0.498. The Morgan fingerprint density at radius 2 is 1.63 bits per heavy atom. The van der Waals surface area contributed by atoms with Crippen LogP contribution in [0.2, 0.25) is 0 Å². The van der Waals surface area contributed by atoms with Crippen molar-refractivity contribution in [2.75, 3.05) is 18.5 Å². The molecule has 6 nitrogen and oxygen atoms in total. The molecule has 1 N–H and O–H groups in total. The zero-order chi connectivity index (χ0) is 19.6. The fraction of sp³-hybridized carbons (Fsp3) is 0.286. The van der Waals surface area contributed by atoms with Crippen LogP contribution in [-0.4, -0.2) is 30.9 Å². The predicted octanol–water partition coefficient (Wildman–Crippen LogP) is 3.54. The highest BCUT2D eigenvalue weighted by atomic mass is 16.5. The van der Waals surface area contributed by atoms with Gasteiger partial charge in [0.1, 0.15) is 5.75 Å². The molecule has 1 amide bonds. The van der Waals surface area contributed by atoms with Crippen LogP contribution in [-0.2, 0) is 14.3 Å². The Kier molecular flexibility index (Phi) is 7.55. The number of nitrogens with one attached hydrogen (secondary N) is 1. The fourth-order valence-electron chi connectivity index (χ4n) is 2.18. The van der Waals surface area contributed by atoms with Crippen molar-refractivity contribution >= 4 is 23.3 Å². The molecule has 2 aromatic carbocycles. The first-order valence-electron chi connectivity index (χ1n) is 8.76. The maximum absolute atomic E-state index is 12.1. The van der Waals surface area contributed by atoms with E-state index in [1.54, 1.807) is 31.2 Å². The third-order valence-corrected chi connectivity index (χ3v) is 3.77. The Morgan fingerprint density at radius 1 is 0.963 bits per heavy atom. The van der Waals surface area contributed by atoms with E-state index >= 15 is 0 Å². The van der Waals surface area contributed by atoms with Crippen LogP contribution in [0.5, 0.6) is 5.75 Å². The largest absolute Gasteiger partial charge is 0.493 e. The minimum Gasteiger partial charge on any atom is -0.493 e. The summed E-state index contributed by atoms with van der Waals surface area (Å²) in [4.78, 5) is 35.1. The van der Waals surface area contributed by atoms with E-state index in [0.717, 1.165) is 5.56 Å². The number of carbonyl (C=O) groups is 3. The van der Waals surface area contributed by atoms with E-state index in [4.69, 9.17) is 9.47 Å². The summed E-state index contributed by atoms with van der Waals surface area (Å²) in [6.45, 7) is 3.59. The zero-order valence-corrected chi connectivity index (χ0v) is 15.5. The number of rotatable bonds is 9. The van der Waals surface area contributed by atoms with Gasteiger partial charge in [-0.2, -0.15) is 0 Å². The Morgan fingerprint density at radius 3 is 2.26 bits per heavy atom. The van der Waals surface area contributed by atoms with Crippen molar-refractivity contribution in [3.63, 3.8) is 0 Å². The molecule has 142 valence electrons. The Hall–Kier alpha value is -3.15. The van der Waals surface area contributed by atoms with Gasteiger partial charge in [-0.25, -0.2) is 0 Å². The monoisotopic (exact) mass is 369 g/mol. The number of esters is 1. The molecule has 0 aromatic heterocycles. The molecule has 0 unspecified atom stereocenters. The van der Waals surface area contributed by atoms with Crippen molar-refractivity contribution in [3.8, 4) is 5.75 Å². The standard InChI is InChI=1S/C21H23NO5/c1-3-20(24)22-17-8-6-16(7-9-17)19(23)14-27-21(25)12-13-26-18-10-4-15(2)5-11-18/h4-11H,3,12-14H2,1-2H3,(H,22,24). The van der Waals surface area contributed by atoms with Crippen LogP contribution in [0.4, 0.5) is 5.69 Å². The quantitative estimate of drug-likeness (QED) is 0.540. The number of ether oxygens (including phenoxy) is 2. The Labute approximate surface area is 158 Å². The van der Waals surface area contributed by atoms with Gasteiger partial charge in [0.15, 0.2) is 12.4 Å². The molecule has 0 saturated heterocycles. The van der Waals surface area contributed by atoms with E-state index in [1.807, 2.05) is 31.2 Å². The van der Waals surface area contributed by atoms with Crippen molar-refractivity contribution in [1.29, 1.82) is 0 Å². The van der Waals surface area contributed by atoms with E-state index in [1.165, 1.54) is 0 Å². The van der Waals surface area contributed by atoms with Gasteiger partial charge in [-0.15, -0.1) is 0 Å². The lowest BCUT2D eigenvalue weighted by Gasteiger charge is -2.08. The van der Waals surface area contributed by atoms with Crippen molar-refractivity contribution in [2.45, 2.75) is 26.7 Å². The molecule has 2 aromatic rings. The second-order valence-corrected chi connectivity index (χ2v) is 5.97. The van der Waals surface area contributed by atoms with E-state index in [0.29, 0.717) is 23.4 Å². The van der Waals surface area contributed by atoms with E-state index in [-0.39, 0.29) is 31.3 Å². The van der Waals surface area contributed by atoms with Crippen LogP contribution in [0, 0.1) is 6.92 Å². The zero-order valence-electron chi connectivity index (χ0n) is 15.5. The maximum atomic E-state index is 12.1. The lowest BCUT2D eigenvalue weighted by atomic mass is 10.1. The number of carbonyl (C=O) groups excluding carboxylic acids is 3. The highest BCUT2D eigenvalue weighted by Gasteiger charge is 2.10. The van der Waals surface area contributed by atoms with Gasteiger partial charge >= 0.3 is 5.97 Å². The topological polar surface area (TPSA) is 81.7 Å². The second kappa shape index (κ2) is 10.1. The van der Waals surface area contributed by atoms with Gasteiger partial charge in [0.2, 0.25) is 5.91 Å². The number of anilines is 1. The molecule has 0 aliphatic heterocycles. The number of benzene rings is 2. The van der Waals surface area contributed by atoms with Crippen LogP contribution in [0.1, 0.15) is 35.7 Å². The van der Waals surface area contributed by atoms with Gasteiger partial charge in [-0.1, -0.05) is 24.6 Å². The van der Waals surface area contributed by atoms with Gasteiger partial charge < -0.3 is 14.8 Å². The van der Waals surface area contributed by atoms with E-state index in [9.17, 15) is 14.4 Å². The molecule has 27 heavy (non-hydrogen) atoms. The first-order valence-corrected chi connectivity index (χ1v) is 8.76. The third kappa shape index (κ3) is 6.93. The molecule has 0 atom stereocenters. The average Bonchev–Trinajstić information content (AvgIpc) is 2.68. The van der Waals surface area contributed by atoms with Crippen LogP contribution in [0.15, 0.2) is 48.5 Å². The van der Waals surface area contributed by atoms with E-state index in [2.05, 4.69) is 5.32 Å². The number of hydrogen-bond acceptors (Lipinski definition) is 5. The number of Topliss-reactive ketones (excluding diaryl/α,β-unsaturated/α-hetero) is 1. The lowest BCUT2D eigenvalue weighted by Crippen LogP contribution is -2.16. The number of ketones is 1. The molecule has 0 aliphatic rings. The summed E-state index contributed by atoms with van der Waals surface area (Å²) in [6.07, 6.45) is 0.438. The van der Waals surface area contributed by atoms with Crippen molar-refractivity contribution in [1.82, 2.24) is 0 Å². The number of amides is 1. The van der Waals surface area contributed by atoms with Gasteiger partial charge in [0, 0.05) is 17.7 Å². The fourth-order valence-corrected chi connectivity index (χ4v) is 2.18. The molecule has 0 aliphatic carbocycles. The molecule has 0 heterocycles. The summed E-state index contributed by atoms with van der Waals surface area (Å²) in [5.74, 6) is -0.228. The van der Waals surface area contributed by atoms with Crippen LogP contribution in [0.25, 0.3) is 0 Å². The highest BCUT2D eigenvalue weighted by Crippen LogP contribution is 2.12. The summed E-state index contributed by atoms with van der Waals surface area (Å²) >= 11 is 0. The summed E-state index contributed by atoms with van der Waals surface area (Å²) in [7, 11) is 0. The van der Waals surface area contributed by atoms with Gasteiger partial charge in [0.05, 0.1) is 13.0 Å². The van der Waals surface area contributed by atoms with Crippen LogP contribution >= 0.6 is 0 Å². The molecule has 6 heteroatoms. The van der Waals surface area contributed by atoms with Gasteiger partial charge in [-0.05, 0) is 43.3 Å². The second-order valence-electron chi connectivity index (χ2n) is 5.97. The Balaban J connectivity index is 1.71. The smallest absolute Gasteiger partial charge is 0.309 e. The average molecular weight is 369 g/mol. The molecule has 0 saturated carbocycles. The highest BCUT2D eigenvalue weighted by molar-refractivity contribution is 5.98. The number of hydrogen-bond donors (Lipinski definition) is 1.